The summed E-state index contributed by atoms with van der Waals surface area (Å²) >= 11 is 5.28. The van der Waals surface area contributed by atoms with Gasteiger partial charge in [0, 0.05) is 5.88 Å². The minimum Gasteiger partial charge on any atom is -0.381 e. The van der Waals surface area contributed by atoms with Gasteiger partial charge in [0.25, 0.3) is 0 Å². The van der Waals surface area contributed by atoms with Crippen LogP contribution in [0, 0.1) is 0 Å². The highest BCUT2D eigenvalue weighted by atomic mass is 35.5. The van der Waals surface area contributed by atoms with Crippen molar-refractivity contribution in [3.63, 3.8) is 0 Å². The van der Waals surface area contributed by atoms with E-state index >= 15 is 0 Å². The van der Waals surface area contributed by atoms with Crippen LogP contribution in [0.5, 0.6) is 0 Å². The molecule has 0 aliphatic rings. The van der Waals surface area contributed by atoms with E-state index in [9.17, 15) is 4.57 Å². The van der Waals surface area contributed by atoms with Crippen LogP contribution in [0.3, 0.4) is 0 Å². The van der Waals surface area contributed by atoms with Gasteiger partial charge in [-0.1, -0.05) is 0 Å². The van der Waals surface area contributed by atoms with E-state index in [2.05, 4.69) is 10.2 Å². The molecule has 0 aromatic rings. The Balaban J connectivity index is 3.90. The zero-order valence-electron chi connectivity index (χ0n) is 6.36. The molecule has 0 aliphatic heterocycles. The van der Waals surface area contributed by atoms with E-state index in [4.69, 9.17) is 26.3 Å². The van der Waals surface area contributed by atoms with Gasteiger partial charge in [0.15, 0.2) is 0 Å². The van der Waals surface area contributed by atoms with E-state index in [0.717, 1.165) is 0 Å². The molecule has 8 heteroatoms. The predicted octanol–water partition coefficient (Wildman–Crippen LogP) is -0.571. The van der Waals surface area contributed by atoms with Crippen molar-refractivity contribution in [1.82, 2.24) is 10.2 Å². The van der Waals surface area contributed by atoms with E-state index in [1.807, 2.05) is 0 Å². The van der Waals surface area contributed by atoms with Crippen molar-refractivity contribution in [2.45, 2.75) is 0 Å². The summed E-state index contributed by atoms with van der Waals surface area (Å²) in [6.45, 7) is -0.946. The number of halogens is 1. The SMILES string of the molecule is O=P(NCO)(NCO)OCCCl. The lowest BCUT2D eigenvalue weighted by molar-refractivity contribution is 0.239. The number of hydrogen-bond acceptors (Lipinski definition) is 4. The van der Waals surface area contributed by atoms with Crippen molar-refractivity contribution in [3.05, 3.63) is 0 Å². The first-order chi connectivity index (χ1) is 5.68. The van der Waals surface area contributed by atoms with Crippen molar-refractivity contribution in [2.75, 3.05) is 25.9 Å². The molecule has 0 bridgehead atoms. The molecule has 0 unspecified atom stereocenters. The molecular weight excluding hydrogens is 206 g/mol. The molecule has 0 spiro atoms. The zero-order valence-corrected chi connectivity index (χ0v) is 8.01. The summed E-state index contributed by atoms with van der Waals surface area (Å²) < 4.78 is 16.1. The molecule has 0 rings (SSSR count). The number of hydrogen-bond donors (Lipinski definition) is 4. The Morgan fingerprint density at radius 3 is 2.17 bits per heavy atom. The molecule has 0 aromatic carbocycles. The first-order valence-corrected chi connectivity index (χ1v) is 5.37. The molecule has 0 radical (unpaired) electrons. The molecule has 4 N–H and O–H groups in total. The Morgan fingerprint density at radius 2 is 1.83 bits per heavy atom. The maximum absolute atomic E-state index is 11.3. The lowest BCUT2D eigenvalue weighted by Gasteiger charge is -2.17. The van der Waals surface area contributed by atoms with Gasteiger partial charge >= 0.3 is 7.67 Å². The van der Waals surface area contributed by atoms with Crippen molar-refractivity contribution >= 4 is 19.3 Å². The van der Waals surface area contributed by atoms with Crippen LogP contribution in [0.25, 0.3) is 0 Å². The lowest BCUT2D eigenvalue weighted by atomic mass is 10.9. The third-order valence-electron chi connectivity index (χ3n) is 0.908. The molecule has 0 saturated heterocycles. The zero-order chi connectivity index (χ0) is 9.45. The molecule has 0 aliphatic carbocycles. The smallest absolute Gasteiger partial charge is 0.344 e. The van der Waals surface area contributed by atoms with Gasteiger partial charge in [-0.2, -0.15) is 0 Å². The minimum absolute atomic E-state index is 0.0683. The molecule has 0 heterocycles. The fourth-order valence-electron chi connectivity index (χ4n) is 0.496. The summed E-state index contributed by atoms with van der Waals surface area (Å²) in [7, 11) is -3.32. The van der Waals surface area contributed by atoms with Crippen LogP contribution in [0.4, 0.5) is 0 Å². The van der Waals surface area contributed by atoms with Gasteiger partial charge in [0.2, 0.25) is 0 Å². The Morgan fingerprint density at radius 1 is 1.33 bits per heavy atom. The van der Waals surface area contributed by atoms with Gasteiger partial charge in [0.1, 0.15) is 13.5 Å². The molecule has 0 saturated carbocycles. The van der Waals surface area contributed by atoms with E-state index in [1.165, 1.54) is 0 Å². The summed E-state index contributed by atoms with van der Waals surface area (Å²) in [6.07, 6.45) is 0. The Bertz CT molecular complexity index is 148. The Kier molecular flexibility index (Phi) is 6.98. The van der Waals surface area contributed by atoms with E-state index in [0.29, 0.717) is 0 Å². The standard InChI is InChI=1S/C4H12ClN2O4P/c5-1-2-11-12(10,6-3-8)7-4-9/h8-9H,1-4H2,(H2,6,7,10). The molecule has 0 amide bonds. The summed E-state index contributed by atoms with van der Waals surface area (Å²) in [5, 5.41) is 21.1. The van der Waals surface area contributed by atoms with Crippen molar-refractivity contribution in [3.8, 4) is 0 Å². The van der Waals surface area contributed by atoms with Crippen LogP contribution in [-0.2, 0) is 9.09 Å². The van der Waals surface area contributed by atoms with E-state index in [1.54, 1.807) is 0 Å². The van der Waals surface area contributed by atoms with Crippen LogP contribution in [-0.4, -0.2) is 36.2 Å². The van der Waals surface area contributed by atoms with Crippen molar-refractivity contribution < 1.29 is 19.3 Å². The summed E-state index contributed by atoms with van der Waals surface area (Å²) in [5.41, 5.74) is 0. The van der Waals surface area contributed by atoms with E-state index in [-0.39, 0.29) is 12.5 Å². The highest BCUT2D eigenvalue weighted by Crippen LogP contribution is 2.35. The molecule has 12 heavy (non-hydrogen) atoms. The summed E-state index contributed by atoms with van der Waals surface area (Å²) in [5.74, 6) is 0.185. The van der Waals surface area contributed by atoms with Gasteiger partial charge in [-0.25, -0.2) is 10.2 Å². The maximum atomic E-state index is 11.3. The second-order valence-electron chi connectivity index (χ2n) is 1.71. The monoisotopic (exact) mass is 218 g/mol. The quantitative estimate of drug-likeness (QED) is 0.260. The van der Waals surface area contributed by atoms with Gasteiger partial charge in [-0.15, -0.1) is 11.6 Å². The third kappa shape index (κ3) is 5.05. The van der Waals surface area contributed by atoms with Gasteiger partial charge in [0.05, 0.1) is 6.61 Å². The molecule has 74 valence electrons. The molecule has 0 fully saturated rings. The topological polar surface area (TPSA) is 90.8 Å². The highest BCUT2D eigenvalue weighted by Gasteiger charge is 2.20. The Labute approximate surface area is 75.4 Å². The third-order valence-corrected chi connectivity index (χ3v) is 2.72. The normalized spacial score (nSPS) is 11.9. The fraction of sp³-hybridized carbons (Fsp3) is 1.00. The molecule has 0 atom stereocenters. The largest absolute Gasteiger partial charge is 0.381 e. The molecule has 6 nitrogen and oxygen atoms in total. The first kappa shape index (κ1) is 12.3. The number of aliphatic hydroxyl groups excluding tert-OH is 2. The van der Waals surface area contributed by atoms with Crippen LogP contribution in [0.15, 0.2) is 0 Å². The highest BCUT2D eigenvalue weighted by molar-refractivity contribution is 7.54. The predicted molar refractivity (Wildman–Crippen MR) is 44.7 cm³/mol. The van der Waals surface area contributed by atoms with Crippen LogP contribution >= 0.6 is 19.3 Å². The van der Waals surface area contributed by atoms with E-state index < -0.39 is 21.1 Å². The molecular formula is C4H12ClN2O4P. The van der Waals surface area contributed by atoms with Gasteiger partial charge in [-0.3, -0.25) is 4.57 Å². The minimum atomic E-state index is -3.32. The second-order valence-corrected chi connectivity index (χ2v) is 4.08. The fourth-order valence-corrected chi connectivity index (χ4v) is 1.70. The summed E-state index contributed by atoms with van der Waals surface area (Å²) in [4.78, 5) is 0. The number of rotatable bonds is 7. The molecule has 0 aromatic heterocycles. The van der Waals surface area contributed by atoms with Crippen molar-refractivity contribution in [2.24, 2.45) is 0 Å². The number of nitrogens with one attached hydrogen (secondary N) is 2. The Hall–Kier alpha value is 0.320. The second kappa shape index (κ2) is 6.80. The van der Waals surface area contributed by atoms with Crippen LogP contribution < -0.4 is 10.2 Å². The van der Waals surface area contributed by atoms with Crippen LogP contribution in [0.2, 0.25) is 0 Å². The number of alkyl halides is 1. The van der Waals surface area contributed by atoms with Crippen LogP contribution in [0.1, 0.15) is 0 Å². The average Bonchev–Trinajstić information content (AvgIpc) is 2.02. The summed E-state index contributed by atoms with van der Waals surface area (Å²) in [6, 6.07) is 0. The first-order valence-electron chi connectivity index (χ1n) is 3.21. The number of aliphatic hydroxyl groups is 2. The lowest BCUT2D eigenvalue weighted by Crippen LogP contribution is -2.26. The van der Waals surface area contributed by atoms with Gasteiger partial charge < -0.3 is 14.7 Å². The maximum Gasteiger partial charge on any atom is 0.344 e. The average molecular weight is 219 g/mol. The van der Waals surface area contributed by atoms with Gasteiger partial charge in [-0.05, 0) is 0 Å². The van der Waals surface area contributed by atoms with Crippen molar-refractivity contribution in [1.29, 1.82) is 0 Å².